The highest BCUT2D eigenvalue weighted by Gasteiger charge is 2.34. The monoisotopic (exact) mass is 242 g/mol. The summed E-state index contributed by atoms with van der Waals surface area (Å²) in [4.78, 5) is 0. The van der Waals surface area contributed by atoms with Gasteiger partial charge in [0.25, 0.3) is 0 Å². The molecule has 2 nitrogen and oxygen atoms in total. The van der Waals surface area contributed by atoms with E-state index in [1.807, 2.05) is 0 Å². The van der Waals surface area contributed by atoms with Crippen molar-refractivity contribution in [3.8, 4) is 0 Å². The van der Waals surface area contributed by atoms with Gasteiger partial charge < -0.3 is 9.84 Å². The van der Waals surface area contributed by atoms with E-state index in [0.29, 0.717) is 0 Å². The molecule has 0 unspecified atom stereocenters. The van der Waals surface area contributed by atoms with E-state index in [9.17, 15) is 5.11 Å². The molecule has 0 aromatic carbocycles. The molecule has 1 saturated carbocycles. The average Bonchev–Trinajstić information content (AvgIpc) is 2.31. The van der Waals surface area contributed by atoms with Crippen LogP contribution in [0.5, 0.6) is 0 Å². The zero-order chi connectivity index (χ0) is 12.9. The maximum absolute atomic E-state index is 10.6. The molecule has 0 heterocycles. The number of ether oxygens (including phenoxy) is 1. The van der Waals surface area contributed by atoms with Gasteiger partial charge in [-0.15, -0.1) is 0 Å². The smallest absolute Gasteiger partial charge is 0.0649 e. The van der Waals surface area contributed by atoms with Gasteiger partial charge in [-0.3, -0.25) is 0 Å². The van der Waals surface area contributed by atoms with Gasteiger partial charge in [0.15, 0.2) is 0 Å². The van der Waals surface area contributed by atoms with Crippen molar-refractivity contribution in [2.45, 2.75) is 83.3 Å². The first-order valence-electron chi connectivity index (χ1n) is 7.18. The van der Waals surface area contributed by atoms with E-state index in [1.165, 1.54) is 25.7 Å². The highest BCUT2D eigenvalue weighted by Crippen LogP contribution is 2.38. The normalized spacial score (nSPS) is 30.5. The summed E-state index contributed by atoms with van der Waals surface area (Å²) in [6.45, 7) is 6.44. The van der Waals surface area contributed by atoms with Crippen molar-refractivity contribution in [1.29, 1.82) is 0 Å². The van der Waals surface area contributed by atoms with E-state index < -0.39 is 5.60 Å². The second-order valence-corrected chi connectivity index (χ2v) is 6.42. The quantitative estimate of drug-likeness (QED) is 0.765. The topological polar surface area (TPSA) is 29.5 Å². The molecule has 1 aliphatic carbocycles. The highest BCUT2D eigenvalue weighted by atomic mass is 16.5. The fourth-order valence-electron chi connectivity index (χ4n) is 2.80. The molecule has 0 aliphatic heterocycles. The van der Waals surface area contributed by atoms with E-state index in [-0.39, 0.29) is 5.60 Å². The second kappa shape index (κ2) is 6.19. The lowest BCUT2D eigenvalue weighted by Crippen LogP contribution is -2.36. The Kier molecular flexibility index (Phi) is 5.46. The summed E-state index contributed by atoms with van der Waals surface area (Å²) in [5.41, 5.74) is -0.518. The van der Waals surface area contributed by atoms with Gasteiger partial charge in [0, 0.05) is 7.11 Å². The van der Waals surface area contributed by atoms with Crippen molar-refractivity contribution >= 4 is 0 Å². The van der Waals surface area contributed by atoms with Crippen molar-refractivity contribution in [3.63, 3.8) is 0 Å². The van der Waals surface area contributed by atoms with Crippen molar-refractivity contribution < 1.29 is 9.84 Å². The molecule has 17 heavy (non-hydrogen) atoms. The van der Waals surface area contributed by atoms with Crippen LogP contribution in [0.2, 0.25) is 0 Å². The second-order valence-electron chi connectivity index (χ2n) is 6.42. The van der Waals surface area contributed by atoms with E-state index in [0.717, 1.165) is 31.6 Å². The van der Waals surface area contributed by atoms with Crippen LogP contribution in [-0.2, 0) is 4.74 Å². The Labute approximate surface area is 107 Å². The van der Waals surface area contributed by atoms with E-state index in [1.54, 1.807) is 7.11 Å². The van der Waals surface area contributed by atoms with Crippen LogP contribution >= 0.6 is 0 Å². The summed E-state index contributed by atoms with van der Waals surface area (Å²) >= 11 is 0. The minimum absolute atomic E-state index is 0.101. The Morgan fingerprint density at radius 2 is 1.88 bits per heavy atom. The minimum atomic E-state index is -0.417. The summed E-state index contributed by atoms with van der Waals surface area (Å²) < 4.78 is 5.42. The molecular formula is C15H30O2. The SMILES string of the molecule is CCCC1CCC(O)(CCC(C)(C)OC)CC1. The first-order chi connectivity index (χ1) is 7.91. The predicted molar refractivity (Wildman–Crippen MR) is 72.1 cm³/mol. The van der Waals surface area contributed by atoms with Gasteiger partial charge in [0.05, 0.1) is 11.2 Å². The molecule has 0 saturated heterocycles. The highest BCUT2D eigenvalue weighted by molar-refractivity contribution is 4.87. The van der Waals surface area contributed by atoms with Crippen molar-refractivity contribution in [2.75, 3.05) is 7.11 Å². The molecule has 0 aromatic rings. The standard InChI is InChI=1S/C15H30O2/c1-5-6-13-7-9-15(16,10-8-13)12-11-14(2,3)17-4/h13,16H,5-12H2,1-4H3. The maximum atomic E-state index is 10.6. The third kappa shape index (κ3) is 4.97. The molecule has 0 aromatic heterocycles. The van der Waals surface area contributed by atoms with Crippen LogP contribution in [0.4, 0.5) is 0 Å². The van der Waals surface area contributed by atoms with E-state index in [4.69, 9.17) is 4.74 Å². The van der Waals surface area contributed by atoms with Gasteiger partial charge in [-0.25, -0.2) is 0 Å². The third-order valence-electron chi connectivity index (χ3n) is 4.48. The summed E-state index contributed by atoms with van der Waals surface area (Å²) in [6, 6.07) is 0. The Hall–Kier alpha value is -0.0800. The van der Waals surface area contributed by atoms with Crippen LogP contribution in [-0.4, -0.2) is 23.4 Å². The molecule has 102 valence electrons. The molecule has 2 heteroatoms. The third-order valence-corrected chi connectivity index (χ3v) is 4.48. The lowest BCUT2D eigenvalue weighted by atomic mass is 9.74. The van der Waals surface area contributed by atoms with Gasteiger partial charge >= 0.3 is 0 Å². The zero-order valence-corrected chi connectivity index (χ0v) is 12.1. The summed E-state index contributed by atoms with van der Waals surface area (Å²) in [6.07, 6.45) is 8.81. The van der Waals surface area contributed by atoms with Crippen molar-refractivity contribution in [1.82, 2.24) is 0 Å². The summed E-state index contributed by atoms with van der Waals surface area (Å²) in [5, 5.41) is 10.6. The minimum Gasteiger partial charge on any atom is -0.390 e. The Morgan fingerprint density at radius 1 is 1.29 bits per heavy atom. The van der Waals surface area contributed by atoms with Crippen LogP contribution in [0.1, 0.15) is 72.1 Å². The van der Waals surface area contributed by atoms with Crippen LogP contribution < -0.4 is 0 Å². The van der Waals surface area contributed by atoms with Gasteiger partial charge in [-0.1, -0.05) is 19.8 Å². The number of methoxy groups -OCH3 is 1. The average molecular weight is 242 g/mol. The molecule has 0 bridgehead atoms. The molecular weight excluding hydrogens is 212 g/mol. The maximum Gasteiger partial charge on any atom is 0.0649 e. The van der Waals surface area contributed by atoms with E-state index in [2.05, 4.69) is 20.8 Å². The molecule has 1 N–H and O–H groups in total. The van der Waals surface area contributed by atoms with Gasteiger partial charge in [0.1, 0.15) is 0 Å². The van der Waals surface area contributed by atoms with Crippen LogP contribution in [0, 0.1) is 5.92 Å². The molecule has 1 rings (SSSR count). The van der Waals surface area contributed by atoms with Crippen LogP contribution in [0.3, 0.4) is 0 Å². The number of hydrogen-bond donors (Lipinski definition) is 1. The number of hydrogen-bond acceptors (Lipinski definition) is 2. The molecule has 1 aliphatic rings. The first-order valence-corrected chi connectivity index (χ1v) is 7.18. The molecule has 0 amide bonds. The lowest BCUT2D eigenvalue weighted by Gasteiger charge is -2.38. The zero-order valence-electron chi connectivity index (χ0n) is 12.1. The predicted octanol–water partition coefficient (Wildman–Crippen LogP) is 3.91. The fraction of sp³-hybridized carbons (Fsp3) is 1.00. The number of aliphatic hydroxyl groups is 1. The molecule has 0 atom stereocenters. The lowest BCUT2D eigenvalue weighted by molar-refractivity contribution is -0.0498. The van der Waals surface area contributed by atoms with Gasteiger partial charge in [-0.2, -0.15) is 0 Å². The molecule has 0 spiro atoms. The molecule has 1 fully saturated rings. The first kappa shape index (κ1) is 15.0. The van der Waals surface area contributed by atoms with E-state index >= 15 is 0 Å². The number of rotatable bonds is 6. The Bertz CT molecular complexity index is 215. The Morgan fingerprint density at radius 3 is 2.35 bits per heavy atom. The van der Waals surface area contributed by atoms with Crippen molar-refractivity contribution in [3.05, 3.63) is 0 Å². The Balaban J connectivity index is 2.34. The van der Waals surface area contributed by atoms with Crippen LogP contribution in [0.15, 0.2) is 0 Å². The summed E-state index contributed by atoms with van der Waals surface area (Å²) in [7, 11) is 1.75. The molecule has 0 radical (unpaired) electrons. The largest absolute Gasteiger partial charge is 0.390 e. The van der Waals surface area contributed by atoms with Crippen LogP contribution in [0.25, 0.3) is 0 Å². The van der Waals surface area contributed by atoms with Gasteiger partial charge in [-0.05, 0) is 58.3 Å². The van der Waals surface area contributed by atoms with Gasteiger partial charge in [0.2, 0.25) is 0 Å². The van der Waals surface area contributed by atoms with Crippen molar-refractivity contribution in [2.24, 2.45) is 5.92 Å². The fourth-order valence-corrected chi connectivity index (χ4v) is 2.80. The summed E-state index contributed by atoms with van der Waals surface area (Å²) in [5.74, 6) is 0.857.